The lowest BCUT2D eigenvalue weighted by Crippen LogP contribution is -2.59. The summed E-state index contributed by atoms with van der Waals surface area (Å²) in [5.74, 6) is 0.674. The molecule has 1 atom stereocenters. The molecule has 2 aliphatic heterocycles. The van der Waals surface area contributed by atoms with Gasteiger partial charge in [-0.1, -0.05) is 20.8 Å². The highest BCUT2D eigenvalue weighted by Crippen LogP contribution is 2.36. The first-order valence-corrected chi connectivity index (χ1v) is 8.55. The molecule has 2 fully saturated rings. The van der Waals surface area contributed by atoms with Crippen molar-refractivity contribution in [3.8, 4) is 0 Å². The van der Waals surface area contributed by atoms with Crippen LogP contribution >= 0.6 is 0 Å². The molecule has 0 spiro atoms. The molecule has 1 N–H and O–H groups in total. The smallest absolute Gasteiger partial charge is 0.269 e. The number of anilines is 1. The number of carbonyl (C=O) groups is 1. The van der Waals surface area contributed by atoms with Gasteiger partial charge in [-0.2, -0.15) is 0 Å². The summed E-state index contributed by atoms with van der Waals surface area (Å²) in [4.78, 5) is 20.8. The molecule has 1 aromatic heterocycles. The Kier molecular flexibility index (Phi) is 4.32. The van der Waals surface area contributed by atoms with Crippen LogP contribution in [0.15, 0.2) is 18.3 Å². The van der Waals surface area contributed by atoms with Gasteiger partial charge in [0.25, 0.3) is 5.91 Å². The second-order valence-corrected chi connectivity index (χ2v) is 7.89. The van der Waals surface area contributed by atoms with Gasteiger partial charge >= 0.3 is 0 Å². The summed E-state index contributed by atoms with van der Waals surface area (Å²) in [6.45, 7) is 11.7. The van der Waals surface area contributed by atoms with Crippen LogP contribution in [0.3, 0.4) is 0 Å². The molecular weight excluding hydrogens is 288 g/mol. The lowest BCUT2D eigenvalue weighted by Gasteiger charge is -2.45. The molecule has 2 saturated heterocycles. The maximum atomic E-state index is 11.5. The normalized spacial score (nSPS) is 23.0. The van der Waals surface area contributed by atoms with E-state index in [1.165, 1.54) is 19.5 Å². The third-order valence-corrected chi connectivity index (χ3v) is 5.40. The minimum absolute atomic E-state index is 0.136. The molecule has 3 rings (SSSR count). The van der Waals surface area contributed by atoms with Crippen LogP contribution in [-0.2, 0) is 0 Å². The molecule has 0 saturated carbocycles. The first kappa shape index (κ1) is 16.2. The van der Waals surface area contributed by atoms with Gasteiger partial charge in [-0.15, -0.1) is 0 Å². The Balaban J connectivity index is 1.52. The minimum atomic E-state index is -0.136. The summed E-state index contributed by atoms with van der Waals surface area (Å²) in [7, 11) is 1.62. The number of nitrogens with one attached hydrogen (secondary N) is 1. The van der Waals surface area contributed by atoms with E-state index < -0.39 is 0 Å². The fraction of sp³-hybridized carbons (Fsp3) is 0.667. The van der Waals surface area contributed by atoms with Gasteiger partial charge in [0.15, 0.2) is 0 Å². The quantitative estimate of drug-likeness (QED) is 0.926. The molecule has 0 aliphatic carbocycles. The molecule has 5 nitrogen and oxygen atoms in total. The third-order valence-electron chi connectivity index (χ3n) is 5.40. The zero-order chi connectivity index (χ0) is 16.6. The van der Waals surface area contributed by atoms with Crippen molar-refractivity contribution in [1.29, 1.82) is 0 Å². The highest BCUT2D eigenvalue weighted by atomic mass is 16.1. The van der Waals surface area contributed by atoms with Crippen molar-refractivity contribution < 1.29 is 4.79 Å². The predicted molar refractivity (Wildman–Crippen MR) is 92.8 cm³/mol. The van der Waals surface area contributed by atoms with E-state index in [1.807, 2.05) is 12.3 Å². The average Bonchev–Trinajstić information content (AvgIpc) is 2.95. The molecule has 0 bridgehead atoms. The van der Waals surface area contributed by atoms with Crippen LogP contribution in [0, 0.1) is 11.3 Å². The standard InChI is InChI=1S/C18H28N4O/c1-18(2,3)13-7-8-21(10-13)15-11-22(12-15)14-5-6-16(20-9-14)17(23)19-4/h5-6,9,13,15H,7-8,10-12H2,1-4H3,(H,19,23). The van der Waals surface area contributed by atoms with Crippen molar-refractivity contribution in [2.75, 3.05) is 38.1 Å². The minimum Gasteiger partial charge on any atom is -0.367 e. The molecule has 1 unspecified atom stereocenters. The molecule has 2 aliphatic rings. The number of hydrogen-bond acceptors (Lipinski definition) is 4. The molecule has 0 radical (unpaired) electrons. The second-order valence-electron chi connectivity index (χ2n) is 7.89. The van der Waals surface area contributed by atoms with Gasteiger partial charge in [0.1, 0.15) is 5.69 Å². The Morgan fingerprint density at radius 2 is 2.00 bits per heavy atom. The van der Waals surface area contributed by atoms with Crippen molar-refractivity contribution in [2.45, 2.75) is 33.2 Å². The summed E-state index contributed by atoms with van der Waals surface area (Å²) in [6, 6.07) is 4.46. The van der Waals surface area contributed by atoms with E-state index in [0.717, 1.165) is 24.7 Å². The number of likely N-dealkylation sites (tertiary alicyclic amines) is 1. The maximum Gasteiger partial charge on any atom is 0.269 e. The summed E-state index contributed by atoms with van der Waals surface area (Å²) in [6.07, 6.45) is 3.13. The van der Waals surface area contributed by atoms with Crippen molar-refractivity contribution >= 4 is 11.6 Å². The Hall–Kier alpha value is -1.62. The number of hydrogen-bond donors (Lipinski definition) is 1. The van der Waals surface area contributed by atoms with Crippen molar-refractivity contribution in [1.82, 2.24) is 15.2 Å². The van der Waals surface area contributed by atoms with Crippen LogP contribution in [0.1, 0.15) is 37.7 Å². The number of aromatic nitrogens is 1. The molecule has 0 aromatic carbocycles. The van der Waals surface area contributed by atoms with Gasteiger partial charge in [-0.3, -0.25) is 9.69 Å². The van der Waals surface area contributed by atoms with E-state index in [1.54, 1.807) is 13.1 Å². The van der Waals surface area contributed by atoms with Gasteiger partial charge in [-0.05, 0) is 36.4 Å². The van der Waals surface area contributed by atoms with Crippen LogP contribution < -0.4 is 10.2 Å². The first-order chi connectivity index (χ1) is 10.9. The molecule has 1 aromatic rings. The molecule has 3 heterocycles. The van der Waals surface area contributed by atoms with E-state index in [2.05, 4.69) is 40.9 Å². The number of rotatable bonds is 3. The first-order valence-electron chi connectivity index (χ1n) is 8.55. The summed E-state index contributed by atoms with van der Waals surface area (Å²) in [5.41, 5.74) is 2.00. The fourth-order valence-electron chi connectivity index (χ4n) is 3.56. The van der Waals surface area contributed by atoms with E-state index >= 15 is 0 Å². The predicted octanol–water partition coefficient (Wildman–Crippen LogP) is 2.00. The highest BCUT2D eigenvalue weighted by Gasteiger charge is 2.39. The Morgan fingerprint density at radius 3 is 2.52 bits per heavy atom. The van der Waals surface area contributed by atoms with E-state index in [4.69, 9.17) is 0 Å². The molecule has 23 heavy (non-hydrogen) atoms. The van der Waals surface area contributed by atoms with Gasteiger partial charge in [-0.25, -0.2) is 4.98 Å². The van der Waals surface area contributed by atoms with Gasteiger partial charge in [0, 0.05) is 32.7 Å². The second kappa shape index (κ2) is 6.11. The van der Waals surface area contributed by atoms with Crippen LogP contribution in [0.2, 0.25) is 0 Å². The zero-order valence-corrected chi connectivity index (χ0v) is 14.7. The SMILES string of the molecule is CNC(=O)c1ccc(N2CC(N3CCC(C(C)(C)C)C3)C2)cn1. The van der Waals surface area contributed by atoms with E-state index in [-0.39, 0.29) is 5.91 Å². The Bertz CT molecular complexity index is 557. The number of pyridine rings is 1. The van der Waals surface area contributed by atoms with E-state index in [9.17, 15) is 4.79 Å². The summed E-state index contributed by atoms with van der Waals surface area (Å²) in [5, 5.41) is 2.60. The Morgan fingerprint density at radius 1 is 1.26 bits per heavy atom. The molecule has 5 heteroatoms. The topological polar surface area (TPSA) is 48.5 Å². The van der Waals surface area contributed by atoms with Crippen LogP contribution in [0.4, 0.5) is 5.69 Å². The number of nitrogens with zero attached hydrogens (tertiary/aromatic N) is 3. The maximum absolute atomic E-state index is 11.5. The average molecular weight is 316 g/mol. The number of carbonyl (C=O) groups excluding carboxylic acids is 1. The third kappa shape index (κ3) is 3.34. The lowest BCUT2D eigenvalue weighted by atomic mass is 9.80. The van der Waals surface area contributed by atoms with Gasteiger partial charge < -0.3 is 10.2 Å². The van der Waals surface area contributed by atoms with E-state index in [0.29, 0.717) is 17.2 Å². The molecule has 1 amide bonds. The van der Waals surface area contributed by atoms with Crippen LogP contribution in [0.25, 0.3) is 0 Å². The van der Waals surface area contributed by atoms with Crippen molar-refractivity contribution in [3.05, 3.63) is 24.0 Å². The van der Waals surface area contributed by atoms with Crippen LogP contribution in [0.5, 0.6) is 0 Å². The largest absolute Gasteiger partial charge is 0.367 e. The van der Waals surface area contributed by atoms with Crippen LogP contribution in [-0.4, -0.2) is 55.1 Å². The van der Waals surface area contributed by atoms with Crippen molar-refractivity contribution in [3.63, 3.8) is 0 Å². The Labute approximate surface area is 139 Å². The highest BCUT2D eigenvalue weighted by molar-refractivity contribution is 5.92. The monoisotopic (exact) mass is 316 g/mol. The van der Waals surface area contributed by atoms with Crippen molar-refractivity contribution in [2.24, 2.45) is 11.3 Å². The summed E-state index contributed by atoms with van der Waals surface area (Å²) >= 11 is 0. The summed E-state index contributed by atoms with van der Waals surface area (Å²) < 4.78 is 0. The zero-order valence-electron chi connectivity index (χ0n) is 14.7. The fourth-order valence-corrected chi connectivity index (χ4v) is 3.56. The van der Waals surface area contributed by atoms with Gasteiger partial charge in [0.05, 0.1) is 11.9 Å². The molecular formula is C18H28N4O. The van der Waals surface area contributed by atoms with Gasteiger partial charge in [0.2, 0.25) is 0 Å². The molecule has 126 valence electrons. The number of amides is 1. The lowest BCUT2D eigenvalue weighted by molar-refractivity contribution is 0.0958.